The van der Waals surface area contributed by atoms with Gasteiger partial charge in [0.25, 0.3) is 0 Å². The van der Waals surface area contributed by atoms with E-state index in [0.717, 1.165) is 0 Å². The highest BCUT2D eigenvalue weighted by Gasteiger charge is 2.41. The van der Waals surface area contributed by atoms with Gasteiger partial charge in [0, 0.05) is 31.9 Å². The number of anilines is 1. The second kappa shape index (κ2) is 11.6. The number of carbonyl (C=O) groups is 1. The van der Waals surface area contributed by atoms with Gasteiger partial charge in [0.15, 0.2) is 23.3 Å². The SMILES string of the molecule is CO[Si](CCCCNC(=O)Nc1c(F)c(F)c(F)c(F)c1F)(OC(C)C)OC(C)C. The quantitative estimate of drug-likeness (QED) is 0.166. The lowest BCUT2D eigenvalue weighted by atomic mass is 10.2. The first-order valence-corrected chi connectivity index (χ1v) is 11.3. The number of unbranched alkanes of at least 4 members (excludes halogenated alkanes) is 1. The summed E-state index contributed by atoms with van der Waals surface area (Å²) in [4.78, 5) is 11.8. The molecule has 0 saturated carbocycles. The Morgan fingerprint density at radius 2 is 1.33 bits per heavy atom. The van der Waals surface area contributed by atoms with Crippen molar-refractivity contribution in [3.05, 3.63) is 29.1 Å². The molecule has 172 valence electrons. The monoisotopic (exact) mass is 458 g/mol. The van der Waals surface area contributed by atoms with Crippen LogP contribution in [0.1, 0.15) is 40.5 Å². The van der Waals surface area contributed by atoms with Crippen molar-refractivity contribution in [3.63, 3.8) is 0 Å². The number of carbonyl (C=O) groups excluding carboxylic acids is 1. The number of hydrogen-bond donors (Lipinski definition) is 2. The van der Waals surface area contributed by atoms with E-state index < -0.39 is 49.6 Å². The van der Waals surface area contributed by atoms with Crippen LogP contribution >= 0.6 is 0 Å². The number of halogens is 5. The Hall–Kier alpha value is -1.76. The lowest BCUT2D eigenvalue weighted by Crippen LogP contribution is -2.48. The molecule has 0 fully saturated rings. The number of hydrogen-bond acceptors (Lipinski definition) is 4. The molecule has 0 heterocycles. The van der Waals surface area contributed by atoms with Gasteiger partial charge in [-0.15, -0.1) is 0 Å². The minimum Gasteiger partial charge on any atom is -0.377 e. The minimum absolute atomic E-state index is 0.0821. The summed E-state index contributed by atoms with van der Waals surface area (Å²) in [7, 11) is -1.41. The molecule has 12 heteroatoms. The van der Waals surface area contributed by atoms with E-state index in [1.807, 2.05) is 27.7 Å². The molecule has 0 spiro atoms. The first-order valence-electron chi connectivity index (χ1n) is 9.41. The Labute approximate surface area is 173 Å². The van der Waals surface area contributed by atoms with Crippen molar-refractivity contribution in [2.45, 2.75) is 58.8 Å². The Morgan fingerprint density at radius 3 is 1.77 bits per heavy atom. The van der Waals surface area contributed by atoms with Crippen molar-refractivity contribution in [1.82, 2.24) is 5.32 Å². The number of benzene rings is 1. The molecule has 6 nitrogen and oxygen atoms in total. The lowest BCUT2D eigenvalue weighted by Gasteiger charge is -2.31. The molecule has 0 saturated heterocycles. The van der Waals surface area contributed by atoms with E-state index >= 15 is 0 Å². The Balaban J connectivity index is 2.59. The fraction of sp³-hybridized carbons (Fsp3) is 0.611. The molecule has 0 radical (unpaired) electrons. The molecule has 0 aliphatic rings. The van der Waals surface area contributed by atoms with Crippen LogP contribution in [0.15, 0.2) is 0 Å². The molecule has 1 aromatic carbocycles. The lowest BCUT2D eigenvalue weighted by molar-refractivity contribution is 0.0323. The molecule has 2 N–H and O–H groups in total. The summed E-state index contributed by atoms with van der Waals surface area (Å²) in [5, 5.41) is 3.94. The van der Waals surface area contributed by atoms with Crippen LogP contribution in [-0.4, -0.2) is 40.7 Å². The molecule has 30 heavy (non-hydrogen) atoms. The number of rotatable bonds is 11. The van der Waals surface area contributed by atoms with Crippen molar-refractivity contribution in [2.24, 2.45) is 0 Å². The highest BCUT2D eigenvalue weighted by molar-refractivity contribution is 6.60. The number of urea groups is 1. The maximum absolute atomic E-state index is 13.6. The third-order valence-electron chi connectivity index (χ3n) is 3.79. The van der Waals surface area contributed by atoms with Crippen LogP contribution in [0.2, 0.25) is 6.04 Å². The fourth-order valence-corrected chi connectivity index (χ4v) is 5.41. The summed E-state index contributed by atoms with van der Waals surface area (Å²) >= 11 is 0. The zero-order chi connectivity index (χ0) is 23.1. The first-order chi connectivity index (χ1) is 13.9. The van der Waals surface area contributed by atoms with Gasteiger partial charge in [-0.25, -0.2) is 26.7 Å². The average molecular weight is 459 g/mol. The highest BCUT2D eigenvalue weighted by Crippen LogP contribution is 2.27. The van der Waals surface area contributed by atoms with Crippen LogP contribution in [0, 0.1) is 29.1 Å². The van der Waals surface area contributed by atoms with E-state index in [1.165, 1.54) is 7.11 Å². The normalized spacial score (nSPS) is 12.0. The standard InChI is InChI=1S/C18H27F5N2O4Si/c1-10(2)28-30(27-5,29-11(3)4)9-7-6-8-24-18(26)25-17-15(22)13(20)12(19)14(21)16(17)23/h10-11H,6-9H2,1-5H3,(H2,24,25,26). The fourth-order valence-electron chi connectivity index (χ4n) is 2.60. The number of amides is 2. The van der Waals surface area contributed by atoms with E-state index in [2.05, 4.69) is 5.32 Å². The van der Waals surface area contributed by atoms with E-state index in [9.17, 15) is 26.7 Å². The molecule has 1 aromatic rings. The van der Waals surface area contributed by atoms with Gasteiger partial charge < -0.3 is 23.9 Å². The van der Waals surface area contributed by atoms with Gasteiger partial charge in [-0.3, -0.25) is 0 Å². The summed E-state index contributed by atoms with van der Waals surface area (Å²) in [6, 6.07) is -0.633. The topological polar surface area (TPSA) is 68.8 Å². The van der Waals surface area contributed by atoms with Gasteiger partial charge in [0.1, 0.15) is 5.69 Å². The van der Waals surface area contributed by atoms with Crippen LogP contribution in [0.25, 0.3) is 0 Å². The van der Waals surface area contributed by atoms with Crippen LogP contribution < -0.4 is 10.6 Å². The van der Waals surface area contributed by atoms with Crippen molar-refractivity contribution in [1.29, 1.82) is 0 Å². The molecular weight excluding hydrogens is 431 g/mol. The summed E-state index contributed by atoms with van der Waals surface area (Å²) in [6.07, 6.45) is 0.759. The van der Waals surface area contributed by atoms with Gasteiger partial charge in [-0.1, -0.05) is 0 Å². The van der Waals surface area contributed by atoms with E-state index in [4.69, 9.17) is 13.3 Å². The Kier molecular flexibility index (Phi) is 10.1. The molecule has 0 bridgehead atoms. The van der Waals surface area contributed by atoms with E-state index in [0.29, 0.717) is 18.9 Å². The average Bonchev–Trinajstić information content (AvgIpc) is 2.66. The van der Waals surface area contributed by atoms with Crippen molar-refractivity contribution in [2.75, 3.05) is 19.0 Å². The summed E-state index contributed by atoms with van der Waals surface area (Å²) in [5.74, 6) is -10.8. The summed E-state index contributed by atoms with van der Waals surface area (Å²) in [6.45, 7) is 7.51. The Morgan fingerprint density at radius 1 is 0.867 bits per heavy atom. The molecule has 0 unspecified atom stereocenters. The van der Waals surface area contributed by atoms with Gasteiger partial charge in [-0.2, -0.15) is 0 Å². The van der Waals surface area contributed by atoms with Gasteiger partial charge in [0.05, 0.1) is 0 Å². The molecular formula is C18H27F5N2O4Si. The molecule has 2 amide bonds. The zero-order valence-corrected chi connectivity index (χ0v) is 18.5. The minimum atomic E-state index is -2.91. The van der Waals surface area contributed by atoms with Crippen molar-refractivity contribution >= 4 is 20.5 Å². The number of nitrogens with one attached hydrogen (secondary N) is 2. The predicted octanol–water partition coefficient (Wildman–Crippen LogP) is 4.72. The summed E-state index contributed by atoms with van der Waals surface area (Å²) in [5.41, 5.74) is -1.41. The Bertz CT molecular complexity index is 698. The van der Waals surface area contributed by atoms with Gasteiger partial charge in [-0.05, 0) is 40.5 Å². The van der Waals surface area contributed by atoms with Crippen LogP contribution in [0.3, 0.4) is 0 Å². The largest absolute Gasteiger partial charge is 0.501 e. The highest BCUT2D eigenvalue weighted by atomic mass is 28.4. The third-order valence-corrected chi connectivity index (χ3v) is 7.03. The molecule has 1 rings (SSSR count). The summed E-state index contributed by atoms with van der Waals surface area (Å²) < 4.78 is 83.8. The maximum atomic E-state index is 13.6. The predicted molar refractivity (Wildman–Crippen MR) is 102 cm³/mol. The van der Waals surface area contributed by atoms with Crippen LogP contribution in [0.5, 0.6) is 0 Å². The van der Waals surface area contributed by atoms with Crippen molar-refractivity contribution in [3.8, 4) is 0 Å². The third kappa shape index (κ3) is 7.18. The maximum Gasteiger partial charge on any atom is 0.501 e. The van der Waals surface area contributed by atoms with Gasteiger partial charge in [0.2, 0.25) is 5.82 Å². The van der Waals surface area contributed by atoms with E-state index in [1.54, 1.807) is 5.32 Å². The van der Waals surface area contributed by atoms with Crippen LogP contribution in [0.4, 0.5) is 32.4 Å². The van der Waals surface area contributed by atoms with Crippen LogP contribution in [-0.2, 0) is 13.3 Å². The first kappa shape index (κ1) is 26.3. The molecule has 0 aromatic heterocycles. The second-order valence-electron chi connectivity index (χ2n) is 7.00. The zero-order valence-electron chi connectivity index (χ0n) is 17.5. The van der Waals surface area contributed by atoms with E-state index in [-0.39, 0.29) is 18.8 Å². The van der Waals surface area contributed by atoms with Crippen molar-refractivity contribution < 1.29 is 40.0 Å². The van der Waals surface area contributed by atoms with Gasteiger partial charge >= 0.3 is 14.8 Å². The second-order valence-corrected chi connectivity index (χ2v) is 9.75. The smallest absolute Gasteiger partial charge is 0.377 e. The molecule has 0 aliphatic carbocycles. The molecule has 0 atom stereocenters. The molecule has 0 aliphatic heterocycles.